The number of allylic oxidation sites excluding steroid dienone is 1. The Morgan fingerprint density at radius 3 is 2.43 bits per heavy atom. The van der Waals surface area contributed by atoms with Crippen LogP contribution in [0.1, 0.15) is 36.6 Å². The van der Waals surface area contributed by atoms with Gasteiger partial charge in [-0.05, 0) is 112 Å². The molecule has 0 fully saturated rings. The predicted octanol–water partition coefficient (Wildman–Crippen LogP) is 6.51. The maximum atomic E-state index is 12.6. The Labute approximate surface area is 302 Å². The van der Waals surface area contributed by atoms with Crippen molar-refractivity contribution >= 4 is 92.5 Å². The molecule has 1 aliphatic heterocycles. The standard InChI is InChI=1S/C31H28Cl2I2N4O7/c1-4-44-30(41)27-16(2)37-31(42)38-28(27)19-6-8-24(25(12-19)43-3)45-15-26(40)39-36-13-18-10-22(34)29(23(35)11-18)46-14-17-5-7-20(32)21(33)9-17/h5-13,28H,4,14-15H2,1-3H3,(H,39,40)(H2,37,38,42)/b36-13+/t28-/m0/s1. The molecule has 1 atom stereocenters. The number of carbonyl (C=O) groups is 3. The van der Waals surface area contributed by atoms with Crippen molar-refractivity contribution in [1.82, 2.24) is 16.1 Å². The van der Waals surface area contributed by atoms with Crippen LogP contribution in [0.5, 0.6) is 17.2 Å². The van der Waals surface area contributed by atoms with Gasteiger partial charge in [-0.25, -0.2) is 15.0 Å². The molecule has 0 saturated carbocycles. The normalized spacial score (nSPS) is 14.4. The first kappa shape index (κ1) is 35.6. The van der Waals surface area contributed by atoms with Crippen molar-refractivity contribution < 1.29 is 33.3 Å². The van der Waals surface area contributed by atoms with Gasteiger partial charge in [0, 0.05) is 5.70 Å². The van der Waals surface area contributed by atoms with Gasteiger partial charge in [0.05, 0.1) is 48.7 Å². The van der Waals surface area contributed by atoms with Crippen LogP contribution in [0.25, 0.3) is 0 Å². The number of halogens is 4. The number of methoxy groups -OCH3 is 1. The van der Waals surface area contributed by atoms with Crippen LogP contribution in [0.15, 0.2) is 64.9 Å². The minimum atomic E-state index is -0.775. The molecule has 3 N–H and O–H groups in total. The summed E-state index contributed by atoms with van der Waals surface area (Å²) in [4.78, 5) is 37.3. The predicted molar refractivity (Wildman–Crippen MR) is 191 cm³/mol. The van der Waals surface area contributed by atoms with Gasteiger partial charge in [0.2, 0.25) is 0 Å². The molecule has 0 saturated heterocycles. The molecule has 3 aromatic rings. The van der Waals surface area contributed by atoms with Crippen molar-refractivity contribution in [3.8, 4) is 17.2 Å². The second kappa shape index (κ2) is 16.5. The minimum Gasteiger partial charge on any atom is -0.493 e. The third-order valence-corrected chi connectivity index (χ3v) is 8.78. The summed E-state index contributed by atoms with van der Waals surface area (Å²) >= 11 is 16.4. The van der Waals surface area contributed by atoms with Crippen LogP contribution in [0, 0.1) is 7.14 Å². The van der Waals surface area contributed by atoms with E-state index in [4.69, 9.17) is 42.1 Å². The molecule has 1 aliphatic rings. The number of nitrogens with one attached hydrogen (secondary N) is 3. The second-order valence-corrected chi connectivity index (χ2v) is 12.8. The number of ether oxygens (including phenoxy) is 4. The summed E-state index contributed by atoms with van der Waals surface area (Å²) in [5, 5.41) is 10.3. The summed E-state index contributed by atoms with van der Waals surface area (Å²) in [5.41, 5.74) is 5.30. The number of rotatable bonds is 12. The smallest absolute Gasteiger partial charge is 0.338 e. The van der Waals surface area contributed by atoms with Crippen molar-refractivity contribution in [2.24, 2.45) is 5.10 Å². The number of urea groups is 1. The van der Waals surface area contributed by atoms with Crippen molar-refractivity contribution in [2.75, 3.05) is 20.3 Å². The first-order valence-corrected chi connectivity index (χ1v) is 16.6. The Hall–Kier alpha value is -3.28. The summed E-state index contributed by atoms with van der Waals surface area (Å²) in [6.45, 7) is 3.48. The van der Waals surface area contributed by atoms with E-state index < -0.39 is 23.9 Å². The highest BCUT2D eigenvalue weighted by atomic mass is 127. The highest BCUT2D eigenvalue weighted by Gasteiger charge is 2.32. The van der Waals surface area contributed by atoms with Gasteiger partial charge >= 0.3 is 12.0 Å². The van der Waals surface area contributed by atoms with Crippen molar-refractivity contribution in [2.45, 2.75) is 26.5 Å². The van der Waals surface area contributed by atoms with Gasteiger partial charge in [0.25, 0.3) is 5.91 Å². The highest BCUT2D eigenvalue weighted by molar-refractivity contribution is 14.1. The SMILES string of the molecule is CCOC(=O)C1=C(C)NC(=O)N[C@H]1c1ccc(OCC(=O)N/N=C/c2cc(I)c(OCc3ccc(Cl)c(Cl)c3)c(I)c2)c(OC)c1. The maximum absolute atomic E-state index is 12.6. The molecule has 0 aromatic heterocycles. The minimum absolute atomic E-state index is 0.181. The Balaban J connectivity index is 1.35. The lowest BCUT2D eigenvalue weighted by Crippen LogP contribution is -2.45. The van der Waals surface area contributed by atoms with Crippen molar-refractivity contribution in [1.29, 1.82) is 0 Å². The highest BCUT2D eigenvalue weighted by Crippen LogP contribution is 2.35. The number of hydrogen-bond donors (Lipinski definition) is 3. The quantitative estimate of drug-likeness (QED) is 0.0817. The number of nitrogens with zero attached hydrogens (tertiary/aromatic N) is 1. The van der Waals surface area contributed by atoms with Gasteiger partial charge < -0.3 is 29.6 Å². The molecule has 0 spiro atoms. The van der Waals surface area contributed by atoms with E-state index in [1.165, 1.54) is 13.3 Å². The first-order valence-electron chi connectivity index (χ1n) is 13.6. The Morgan fingerprint density at radius 2 is 1.76 bits per heavy atom. The van der Waals surface area contributed by atoms with Crippen LogP contribution in [-0.2, 0) is 20.9 Å². The largest absolute Gasteiger partial charge is 0.493 e. The van der Waals surface area contributed by atoms with Crippen LogP contribution in [0.4, 0.5) is 4.79 Å². The van der Waals surface area contributed by atoms with E-state index in [1.54, 1.807) is 44.2 Å². The lowest BCUT2D eigenvalue weighted by molar-refractivity contribution is -0.139. The van der Waals surface area contributed by atoms with Crippen molar-refractivity contribution in [3.05, 3.63) is 93.7 Å². The molecule has 46 heavy (non-hydrogen) atoms. The lowest BCUT2D eigenvalue weighted by Gasteiger charge is -2.28. The van der Waals surface area contributed by atoms with Gasteiger partial charge in [-0.2, -0.15) is 5.10 Å². The molecule has 4 rings (SSSR count). The molecule has 3 aromatic carbocycles. The fraction of sp³-hybridized carbons (Fsp3) is 0.226. The van der Waals surface area contributed by atoms with E-state index in [0.717, 1.165) is 18.3 Å². The maximum Gasteiger partial charge on any atom is 0.338 e. The number of hydrogen-bond acceptors (Lipinski definition) is 8. The number of hydrazone groups is 1. The molecule has 0 unspecified atom stereocenters. The second-order valence-electron chi connectivity index (χ2n) is 9.63. The number of benzene rings is 3. The molecule has 1 heterocycles. The van der Waals surface area contributed by atoms with E-state index in [1.807, 2.05) is 18.2 Å². The summed E-state index contributed by atoms with van der Waals surface area (Å²) in [6.07, 6.45) is 1.52. The lowest BCUT2D eigenvalue weighted by atomic mass is 9.95. The molecule has 11 nitrogen and oxygen atoms in total. The van der Waals surface area contributed by atoms with Gasteiger partial charge in [-0.3, -0.25) is 4.79 Å². The molecule has 15 heteroatoms. The van der Waals surface area contributed by atoms with Gasteiger partial charge in [-0.15, -0.1) is 0 Å². The third-order valence-electron chi connectivity index (χ3n) is 6.43. The van der Waals surface area contributed by atoms with Crippen LogP contribution < -0.4 is 30.3 Å². The topological polar surface area (TPSA) is 137 Å². The summed E-state index contributed by atoms with van der Waals surface area (Å²) in [7, 11) is 1.44. The van der Waals surface area contributed by atoms with Crippen LogP contribution in [-0.4, -0.2) is 44.4 Å². The zero-order chi connectivity index (χ0) is 33.4. The van der Waals surface area contributed by atoms with E-state index in [0.29, 0.717) is 39.4 Å². The van der Waals surface area contributed by atoms with E-state index in [-0.39, 0.29) is 24.5 Å². The van der Waals surface area contributed by atoms with E-state index >= 15 is 0 Å². The fourth-order valence-electron chi connectivity index (χ4n) is 4.34. The van der Waals surface area contributed by atoms with Gasteiger partial charge in [0.15, 0.2) is 18.1 Å². The Bertz CT molecular complexity index is 1700. The third kappa shape index (κ3) is 9.17. The Kier molecular flexibility index (Phi) is 12.8. The van der Waals surface area contributed by atoms with Crippen molar-refractivity contribution in [3.63, 3.8) is 0 Å². The summed E-state index contributed by atoms with van der Waals surface area (Å²) in [6, 6.07) is 12.7. The fourth-order valence-corrected chi connectivity index (χ4v) is 6.79. The summed E-state index contributed by atoms with van der Waals surface area (Å²) < 4.78 is 24.0. The van der Waals surface area contributed by atoms with Gasteiger partial charge in [0.1, 0.15) is 12.4 Å². The van der Waals surface area contributed by atoms with Crippen LogP contribution in [0.3, 0.4) is 0 Å². The molecular weight excluding hydrogens is 865 g/mol. The van der Waals surface area contributed by atoms with Crippen LogP contribution >= 0.6 is 68.4 Å². The zero-order valence-electron chi connectivity index (χ0n) is 24.7. The van der Waals surface area contributed by atoms with E-state index in [2.05, 4.69) is 66.3 Å². The molecular formula is C31H28Cl2I2N4O7. The molecule has 0 radical (unpaired) electrons. The monoisotopic (exact) mass is 892 g/mol. The molecule has 242 valence electrons. The number of carbonyl (C=O) groups excluding carboxylic acids is 3. The average Bonchev–Trinajstić information content (AvgIpc) is 3.01. The molecule has 0 bridgehead atoms. The number of amides is 3. The Morgan fingerprint density at radius 1 is 1.02 bits per heavy atom. The molecule has 3 amide bonds. The van der Waals surface area contributed by atoms with E-state index in [9.17, 15) is 14.4 Å². The average molecular weight is 893 g/mol. The molecule has 0 aliphatic carbocycles. The van der Waals surface area contributed by atoms with Crippen LogP contribution in [0.2, 0.25) is 10.0 Å². The zero-order valence-corrected chi connectivity index (χ0v) is 30.5. The van der Waals surface area contributed by atoms with Gasteiger partial charge in [-0.1, -0.05) is 35.3 Å². The first-order chi connectivity index (χ1) is 22.0. The number of esters is 1. The summed E-state index contributed by atoms with van der Waals surface area (Å²) in [5.74, 6) is 0.245.